The maximum absolute atomic E-state index is 12.1. The number of rotatable bonds is 7. The summed E-state index contributed by atoms with van der Waals surface area (Å²) in [6, 6.07) is 14.5. The highest BCUT2D eigenvalue weighted by Crippen LogP contribution is 2.26. The van der Waals surface area contributed by atoms with E-state index in [2.05, 4.69) is 10.3 Å². The number of methoxy groups -OCH3 is 1. The van der Waals surface area contributed by atoms with Crippen molar-refractivity contribution in [3.8, 4) is 16.3 Å². The Hall–Kier alpha value is -2.90. The van der Waals surface area contributed by atoms with Crippen molar-refractivity contribution in [2.24, 2.45) is 0 Å². The van der Waals surface area contributed by atoms with E-state index in [1.54, 1.807) is 30.7 Å². The van der Waals surface area contributed by atoms with E-state index in [-0.39, 0.29) is 12.2 Å². The van der Waals surface area contributed by atoms with Crippen molar-refractivity contribution >= 4 is 34.8 Å². The molecular weight excluding hydrogens is 400 g/mol. The summed E-state index contributed by atoms with van der Waals surface area (Å²) in [5, 5.41) is 5.51. The Morgan fingerprint density at radius 3 is 2.79 bits per heavy atom. The largest absolute Gasteiger partial charge is 0.496 e. The number of hydrogen-bond donors (Lipinski definition) is 1. The van der Waals surface area contributed by atoms with Gasteiger partial charge in [0.2, 0.25) is 0 Å². The molecule has 3 rings (SSSR count). The molecule has 0 aliphatic heterocycles. The van der Waals surface area contributed by atoms with Gasteiger partial charge in [0.25, 0.3) is 5.91 Å². The summed E-state index contributed by atoms with van der Waals surface area (Å²) in [5.74, 6) is -0.391. The predicted octanol–water partition coefficient (Wildman–Crippen LogP) is 3.95. The first-order valence-electron chi connectivity index (χ1n) is 8.34. The zero-order valence-electron chi connectivity index (χ0n) is 15.0. The Morgan fingerprint density at radius 2 is 2.00 bits per heavy atom. The number of esters is 1. The predicted molar refractivity (Wildman–Crippen MR) is 108 cm³/mol. The van der Waals surface area contributed by atoms with Crippen molar-refractivity contribution in [3.63, 3.8) is 0 Å². The summed E-state index contributed by atoms with van der Waals surface area (Å²) >= 11 is 7.28. The highest BCUT2D eigenvalue weighted by Gasteiger charge is 2.15. The second-order valence-corrected chi connectivity index (χ2v) is 7.01. The lowest BCUT2D eigenvalue weighted by Crippen LogP contribution is -2.28. The van der Waals surface area contributed by atoms with Gasteiger partial charge >= 0.3 is 5.97 Å². The highest BCUT2D eigenvalue weighted by molar-refractivity contribution is 7.13. The molecule has 8 heteroatoms. The fraction of sp³-hybridized carbons (Fsp3) is 0.150. The molecule has 0 radical (unpaired) electrons. The Balaban J connectivity index is 1.52. The van der Waals surface area contributed by atoms with Crippen LogP contribution < -0.4 is 10.1 Å². The van der Waals surface area contributed by atoms with Gasteiger partial charge < -0.3 is 14.8 Å². The first-order valence-corrected chi connectivity index (χ1v) is 9.60. The molecule has 0 saturated heterocycles. The molecule has 144 valence electrons. The minimum Gasteiger partial charge on any atom is -0.496 e. The van der Waals surface area contributed by atoms with E-state index >= 15 is 0 Å². The molecule has 0 atom stereocenters. The Labute approximate surface area is 171 Å². The van der Waals surface area contributed by atoms with Crippen molar-refractivity contribution in [1.29, 1.82) is 0 Å². The van der Waals surface area contributed by atoms with Gasteiger partial charge in [-0.25, -0.2) is 9.78 Å². The molecule has 0 spiro atoms. The first-order chi connectivity index (χ1) is 13.6. The van der Waals surface area contributed by atoms with Crippen molar-refractivity contribution in [2.75, 3.05) is 13.7 Å². The second-order valence-electron chi connectivity index (χ2n) is 5.71. The number of carbonyl (C=O) groups excluding carboxylic acids is 2. The number of aromatic nitrogens is 1. The fourth-order valence-corrected chi connectivity index (χ4v) is 3.40. The van der Waals surface area contributed by atoms with Crippen LogP contribution in [0.2, 0.25) is 5.02 Å². The first kappa shape index (κ1) is 19.9. The van der Waals surface area contributed by atoms with Gasteiger partial charge in [-0.3, -0.25) is 4.79 Å². The molecule has 0 saturated carbocycles. The number of ether oxygens (including phenoxy) is 2. The molecule has 1 N–H and O–H groups in total. The monoisotopic (exact) mass is 416 g/mol. The minimum atomic E-state index is -0.656. The van der Waals surface area contributed by atoms with Crippen LogP contribution in [0.1, 0.15) is 16.1 Å². The van der Waals surface area contributed by atoms with Crippen molar-refractivity contribution in [1.82, 2.24) is 10.3 Å². The van der Waals surface area contributed by atoms with E-state index in [1.165, 1.54) is 11.3 Å². The number of nitrogens with zero attached hydrogens (tertiary/aromatic N) is 1. The molecule has 2 aromatic carbocycles. The van der Waals surface area contributed by atoms with Gasteiger partial charge in [0.05, 0.1) is 7.11 Å². The smallest absolute Gasteiger partial charge is 0.358 e. The van der Waals surface area contributed by atoms with Crippen molar-refractivity contribution in [2.45, 2.75) is 6.54 Å². The molecule has 0 aliphatic carbocycles. The molecule has 0 bridgehead atoms. The van der Waals surface area contributed by atoms with E-state index in [9.17, 15) is 9.59 Å². The molecule has 0 aliphatic rings. The maximum atomic E-state index is 12.1. The maximum Gasteiger partial charge on any atom is 0.358 e. The lowest BCUT2D eigenvalue weighted by atomic mass is 10.2. The van der Waals surface area contributed by atoms with Crippen LogP contribution in [-0.4, -0.2) is 30.6 Å². The van der Waals surface area contributed by atoms with Gasteiger partial charge in [-0.2, -0.15) is 0 Å². The summed E-state index contributed by atoms with van der Waals surface area (Å²) in [5.41, 5.74) is 1.79. The SMILES string of the molecule is COc1ccccc1CNC(=O)COC(=O)c1csc(-c2cccc(Cl)c2)n1. The third-order valence-corrected chi connectivity index (χ3v) is 4.91. The lowest BCUT2D eigenvalue weighted by molar-refractivity contribution is -0.124. The Bertz CT molecular complexity index is 990. The van der Waals surface area contributed by atoms with Crippen LogP contribution in [0.5, 0.6) is 5.75 Å². The number of thiazole rings is 1. The van der Waals surface area contributed by atoms with Gasteiger partial charge in [-0.15, -0.1) is 11.3 Å². The fourth-order valence-electron chi connectivity index (χ4n) is 2.42. The summed E-state index contributed by atoms with van der Waals surface area (Å²) in [6.07, 6.45) is 0. The number of hydrogen-bond acceptors (Lipinski definition) is 6. The van der Waals surface area contributed by atoms with Crippen LogP contribution in [0.15, 0.2) is 53.9 Å². The van der Waals surface area contributed by atoms with Crippen LogP contribution in [0.25, 0.3) is 10.6 Å². The summed E-state index contributed by atoms with van der Waals surface area (Å²) < 4.78 is 10.3. The molecule has 0 unspecified atom stereocenters. The highest BCUT2D eigenvalue weighted by atomic mass is 35.5. The molecule has 1 aromatic heterocycles. The topological polar surface area (TPSA) is 77.5 Å². The minimum absolute atomic E-state index is 0.150. The van der Waals surface area contributed by atoms with Gasteiger partial charge in [0.15, 0.2) is 12.3 Å². The van der Waals surface area contributed by atoms with Crippen LogP contribution in [0.3, 0.4) is 0 Å². The van der Waals surface area contributed by atoms with E-state index in [0.29, 0.717) is 15.8 Å². The number of halogens is 1. The van der Waals surface area contributed by atoms with E-state index in [0.717, 1.165) is 11.1 Å². The van der Waals surface area contributed by atoms with Crippen LogP contribution in [0.4, 0.5) is 0 Å². The number of nitrogens with one attached hydrogen (secondary N) is 1. The Morgan fingerprint density at radius 1 is 1.18 bits per heavy atom. The molecule has 28 heavy (non-hydrogen) atoms. The average molecular weight is 417 g/mol. The van der Waals surface area contributed by atoms with E-state index in [4.69, 9.17) is 21.1 Å². The normalized spacial score (nSPS) is 10.4. The quantitative estimate of drug-likeness (QED) is 0.590. The third-order valence-electron chi connectivity index (χ3n) is 3.79. The summed E-state index contributed by atoms with van der Waals surface area (Å²) in [7, 11) is 1.56. The molecule has 0 fully saturated rings. The second kappa shape index (κ2) is 9.34. The van der Waals surface area contributed by atoms with E-state index < -0.39 is 18.5 Å². The lowest BCUT2D eigenvalue weighted by Gasteiger charge is -2.09. The number of amides is 1. The molecule has 3 aromatic rings. The molecular formula is C20H17ClN2O4S. The number of benzene rings is 2. The molecule has 1 heterocycles. The van der Waals surface area contributed by atoms with Gasteiger partial charge in [-0.1, -0.05) is 41.9 Å². The van der Waals surface area contributed by atoms with Crippen LogP contribution in [0, 0.1) is 0 Å². The van der Waals surface area contributed by atoms with Gasteiger partial charge in [0, 0.05) is 28.1 Å². The third kappa shape index (κ3) is 5.09. The summed E-state index contributed by atoms with van der Waals surface area (Å²) in [4.78, 5) is 28.3. The molecule has 6 nitrogen and oxygen atoms in total. The number of para-hydroxylation sites is 1. The van der Waals surface area contributed by atoms with Crippen LogP contribution >= 0.6 is 22.9 Å². The zero-order chi connectivity index (χ0) is 19.9. The Kier molecular flexibility index (Phi) is 6.62. The van der Waals surface area contributed by atoms with Gasteiger partial charge in [-0.05, 0) is 18.2 Å². The van der Waals surface area contributed by atoms with E-state index in [1.807, 2.05) is 30.3 Å². The average Bonchev–Trinajstić information content (AvgIpc) is 3.21. The van der Waals surface area contributed by atoms with Crippen molar-refractivity contribution < 1.29 is 19.1 Å². The zero-order valence-corrected chi connectivity index (χ0v) is 16.5. The van der Waals surface area contributed by atoms with Crippen molar-refractivity contribution in [3.05, 3.63) is 70.2 Å². The van der Waals surface area contributed by atoms with Crippen LogP contribution in [-0.2, 0) is 16.1 Å². The number of carbonyl (C=O) groups is 2. The molecule has 1 amide bonds. The van der Waals surface area contributed by atoms with Gasteiger partial charge in [0.1, 0.15) is 10.8 Å². The summed E-state index contributed by atoms with van der Waals surface area (Å²) in [6.45, 7) is -0.117. The standard InChI is InChI=1S/C20H17ClN2O4S/c1-26-17-8-3-2-5-14(17)10-22-18(24)11-27-20(25)16-12-28-19(23-16)13-6-4-7-15(21)9-13/h2-9,12H,10-11H2,1H3,(H,22,24).